The first kappa shape index (κ1) is 3.40. The first-order chi connectivity index (χ1) is 2.89. The van der Waals surface area contributed by atoms with E-state index in [0.717, 1.165) is 0 Å². The van der Waals surface area contributed by atoms with Gasteiger partial charge in [0.15, 0.2) is 0 Å². The lowest BCUT2D eigenvalue weighted by Crippen LogP contribution is -1.59. The smallest absolute Gasteiger partial charge is 0.0923 e. The van der Waals surface area contributed by atoms with Crippen LogP contribution in [0.15, 0.2) is 12.5 Å². The summed E-state index contributed by atoms with van der Waals surface area (Å²) in [6.45, 7) is 5.14. The summed E-state index contributed by atoms with van der Waals surface area (Å²) in [4.78, 5) is 6.33. The summed E-state index contributed by atoms with van der Waals surface area (Å²) in [7, 11) is 0. The normalized spacial score (nSPS) is 8.83. The van der Waals surface area contributed by atoms with E-state index in [1.54, 1.807) is 6.20 Å². The number of hydrogen-bond donors (Lipinski definition) is 1. The average molecular weight is 80.1 g/mol. The maximum atomic E-state index is 5.14. The second-order valence-corrected chi connectivity index (χ2v) is 0.994. The minimum Gasteiger partial charge on any atom is -0.351 e. The molecule has 6 heavy (non-hydrogen) atoms. The molecule has 1 rings (SSSR count). The van der Waals surface area contributed by atoms with Gasteiger partial charge in [0.25, 0.3) is 0 Å². The number of aromatic amines is 1. The van der Waals surface area contributed by atoms with Crippen LogP contribution in [0, 0.1) is 6.92 Å². The second kappa shape index (κ2) is 1.12. The molecule has 30 valence electrons. The highest BCUT2D eigenvalue weighted by Crippen LogP contribution is 1.81. The van der Waals surface area contributed by atoms with E-state index in [-0.39, 0.29) is 0 Å². The predicted molar refractivity (Wildman–Crippen MR) is 22.0 cm³/mol. The van der Waals surface area contributed by atoms with Crippen molar-refractivity contribution in [2.75, 3.05) is 0 Å². The van der Waals surface area contributed by atoms with Gasteiger partial charge in [-0.3, -0.25) is 0 Å². The third kappa shape index (κ3) is 0.407. The largest absolute Gasteiger partial charge is 0.351 e. The van der Waals surface area contributed by atoms with Crippen LogP contribution in [0.3, 0.4) is 0 Å². The Bertz CT molecular complexity index is 109. The zero-order valence-electron chi connectivity index (χ0n) is 3.18. The van der Waals surface area contributed by atoms with E-state index in [1.807, 2.05) is 0 Å². The summed E-state index contributed by atoms with van der Waals surface area (Å²) >= 11 is 0. The van der Waals surface area contributed by atoms with Crippen LogP contribution in [0.1, 0.15) is 5.69 Å². The molecule has 1 aromatic rings. The van der Waals surface area contributed by atoms with Crippen molar-refractivity contribution in [3.8, 4) is 0 Å². The van der Waals surface area contributed by atoms with Gasteiger partial charge in [0.2, 0.25) is 0 Å². The molecular weight excluding hydrogens is 76.1 g/mol. The highest BCUT2D eigenvalue weighted by molar-refractivity contribution is 4.96. The zero-order valence-corrected chi connectivity index (χ0v) is 3.18. The molecule has 2 nitrogen and oxygen atoms in total. The fraction of sp³-hybridized carbons (Fsp3) is 0. The van der Waals surface area contributed by atoms with Crippen LogP contribution in [-0.2, 0) is 0 Å². The van der Waals surface area contributed by atoms with Crippen LogP contribution < -0.4 is 0 Å². The summed E-state index contributed by atoms with van der Waals surface area (Å²) in [6.07, 6.45) is 3.16. The Morgan fingerprint density at radius 2 is 2.67 bits per heavy atom. The van der Waals surface area contributed by atoms with Crippen molar-refractivity contribution in [1.82, 2.24) is 9.97 Å². The number of hydrogen-bond acceptors (Lipinski definition) is 1. The van der Waals surface area contributed by atoms with Crippen LogP contribution >= 0.6 is 0 Å². The Kier molecular flexibility index (Phi) is 0.638. The minimum atomic E-state index is 0.537. The number of rotatable bonds is 0. The van der Waals surface area contributed by atoms with Gasteiger partial charge < -0.3 is 4.98 Å². The van der Waals surface area contributed by atoms with Crippen molar-refractivity contribution in [3.63, 3.8) is 0 Å². The monoisotopic (exact) mass is 80.0 g/mol. The summed E-state index contributed by atoms with van der Waals surface area (Å²) in [5, 5.41) is 0. The molecule has 0 aliphatic heterocycles. The van der Waals surface area contributed by atoms with Crippen LogP contribution in [0.25, 0.3) is 0 Å². The summed E-state index contributed by atoms with van der Waals surface area (Å²) in [6, 6.07) is 0. The van der Waals surface area contributed by atoms with E-state index < -0.39 is 0 Å². The number of imidazole rings is 1. The Labute approximate surface area is 36.2 Å². The van der Waals surface area contributed by atoms with E-state index in [0.29, 0.717) is 5.69 Å². The number of nitrogens with one attached hydrogen (secondary N) is 1. The molecule has 1 N–H and O–H groups in total. The third-order valence-electron chi connectivity index (χ3n) is 0.519. The van der Waals surface area contributed by atoms with Crippen molar-refractivity contribution < 1.29 is 0 Å². The Morgan fingerprint density at radius 1 is 1.83 bits per heavy atom. The molecule has 0 atom stereocenters. The third-order valence-corrected chi connectivity index (χ3v) is 0.519. The van der Waals surface area contributed by atoms with Gasteiger partial charge in [0.1, 0.15) is 0 Å². The highest BCUT2D eigenvalue weighted by atomic mass is 14.8. The van der Waals surface area contributed by atoms with E-state index in [4.69, 9.17) is 6.92 Å². The molecule has 0 saturated carbocycles. The first-order valence-corrected chi connectivity index (χ1v) is 1.64. The standard InChI is InChI=1S/C4H4N2/c1-4-2-5-3-6-4/h1-3H,(H,5,6). The summed E-state index contributed by atoms with van der Waals surface area (Å²) in [5.41, 5.74) is 0.537. The van der Waals surface area contributed by atoms with Crippen molar-refractivity contribution in [2.24, 2.45) is 0 Å². The fourth-order valence-electron chi connectivity index (χ4n) is 0.272. The van der Waals surface area contributed by atoms with Crippen LogP contribution in [0.4, 0.5) is 0 Å². The molecule has 0 fully saturated rings. The highest BCUT2D eigenvalue weighted by Gasteiger charge is 1.75. The Hall–Kier alpha value is -0.790. The average Bonchev–Trinajstić information content (AvgIpc) is 1.86. The van der Waals surface area contributed by atoms with Crippen molar-refractivity contribution in [2.45, 2.75) is 0 Å². The number of nitrogens with zero attached hydrogens (tertiary/aromatic N) is 1. The molecule has 0 spiro atoms. The predicted octanol–water partition coefficient (Wildman–Crippen LogP) is 0.469. The quantitative estimate of drug-likeness (QED) is 0.482. The lowest BCUT2D eigenvalue weighted by Gasteiger charge is -1.63. The number of H-pyrrole nitrogens is 1. The zero-order chi connectivity index (χ0) is 4.41. The number of aromatic nitrogens is 2. The molecular formula is C4H4N2. The molecule has 0 unspecified atom stereocenters. The lowest BCUT2D eigenvalue weighted by molar-refractivity contribution is 1.30. The topological polar surface area (TPSA) is 28.7 Å². The lowest BCUT2D eigenvalue weighted by atomic mass is 10.6. The van der Waals surface area contributed by atoms with Gasteiger partial charge in [-0.2, -0.15) is 0 Å². The molecule has 0 aliphatic rings. The van der Waals surface area contributed by atoms with Crippen molar-refractivity contribution in [3.05, 3.63) is 25.1 Å². The van der Waals surface area contributed by atoms with Crippen LogP contribution in [0.5, 0.6) is 0 Å². The Balaban J connectivity index is 3.05. The maximum Gasteiger partial charge on any atom is 0.0923 e. The van der Waals surface area contributed by atoms with Crippen molar-refractivity contribution in [1.29, 1.82) is 0 Å². The summed E-state index contributed by atoms with van der Waals surface area (Å²) in [5.74, 6) is 0. The minimum absolute atomic E-state index is 0.537. The van der Waals surface area contributed by atoms with Crippen molar-refractivity contribution >= 4 is 0 Å². The van der Waals surface area contributed by atoms with E-state index in [1.165, 1.54) is 6.33 Å². The fourth-order valence-corrected chi connectivity index (χ4v) is 0.272. The molecule has 0 saturated heterocycles. The van der Waals surface area contributed by atoms with Crippen LogP contribution in [-0.4, -0.2) is 9.97 Å². The van der Waals surface area contributed by atoms with E-state index in [9.17, 15) is 0 Å². The van der Waals surface area contributed by atoms with Gasteiger partial charge in [0.05, 0.1) is 12.0 Å². The van der Waals surface area contributed by atoms with Gasteiger partial charge in [-0.1, -0.05) is 0 Å². The molecule has 0 aromatic carbocycles. The van der Waals surface area contributed by atoms with E-state index in [2.05, 4.69) is 9.97 Å². The molecule has 1 aromatic heterocycles. The molecule has 1 heterocycles. The van der Waals surface area contributed by atoms with Gasteiger partial charge >= 0.3 is 0 Å². The first-order valence-electron chi connectivity index (χ1n) is 1.64. The molecule has 2 heteroatoms. The van der Waals surface area contributed by atoms with Gasteiger partial charge in [-0.25, -0.2) is 4.98 Å². The Morgan fingerprint density at radius 3 is 2.83 bits per heavy atom. The summed E-state index contributed by atoms with van der Waals surface area (Å²) < 4.78 is 0. The molecule has 2 radical (unpaired) electrons. The van der Waals surface area contributed by atoms with Gasteiger partial charge in [0, 0.05) is 13.1 Å². The van der Waals surface area contributed by atoms with E-state index >= 15 is 0 Å². The maximum absolute atomic E-state index is 5.14. The van der Waals surface area contributed by atoms with Crippen LogP contribution in [0.2, 0.25) is 0 Å². The SMILES string of the molecule is [CH]c1c[nH]cn1. The molecule has 0 bridgehead atoms. The molecule has 0 aliphatic carbocycles. The second-order valence-electron chi connectivity index (χ2n) is 0.994. The van der Waals surface area contributed by atoms with Gasteiger partial charge in [-0.05, 0) is 0 Å². The molecule has 0 amide bonds. The van der Waals surface area contributed by atoms with Gasteiger partial charge in [-0.15, -0.1) is 0 Å².